The smallest absolute Gasteiger partial charge is 0.0793 e. The predicted octanol–water partition coefficient (Wildman–Crippen LogP) is 14.7. The van der Waals surface area contributed by atoms with E-state index in [1.54, 1.807) is 0 Å². The third-order valence-electron chi connectivity index (χ3n) is 12.3. The third-order valence-corrected chi connectivity index (χ3v) is 12.3. The van der Waals surface area contributed by atoms with Crippen LogP contribution in [-0.2, 0) is 4.74 Å². The molecule has 4 heteroatoms. The zero-order valence-corrected chi connectivity index (χ0v) is 37.0. The molecule has 1 N–H and O–H groups in total. The van der Waals surface area contributed by atoms with E-state index in [4.69, 9.17) is 4.74 Å². The lowest BCUT2D eigenvalue weighted by atomic mass is 9.95. The lowest BCUT2D eigenvalue weighted by Gasteiger charge is -2.27. The highest BCUT2D eigenvalue weighted by molar-refractivity contribution is 4.73. The lowest BCUT2D eigenvalue weighted by Crippen LogP contribution is -2.40. The summed E-state index contributed by atoms with van der Waals surface area (Å²) in [5.74, 6) is 0.775. The number of rotatable bonds is 44. The normalized spacial score (nSPS) is 14.9. The molecule has 2 atom stereocenters. The van der Waals surface area contributed by atoms with Gasteiger partial charge in [-0.25, -0.2) is 0 Å². The van der Waals surface area contributed by atoms with E-state index in [-0.39, 0.29) is 6.10 Å². The summed E-state index contributed by atoms with van der Waals surface area (Å²) < 4.78 is 6.32. The van der Waals surface area contributed by atoms with E-state index in [0.29, 0.717) is 0 Å². The summed E-state index contributed by atoms with van der Waals surface area (Å²) in [4.78, 5) is 5.08. The number of likely N-dealkylation sites (tertiary alicyclic amines) is 1. The second-order valence-corrected chi connectivity index (χ2v) is 17.7. The van der Waals surface area contributed by atoms with Crippen LogP contribution in [-0.4, -0.2) is 73.5 Å². The van der Waals surface area contributed by atoms with Crippen LogP contribution >= 0.6 is 0 Å². The van der Waals surface area contributed by atoms with Gasteiger partial charge in [0.15, 0.2) is 0 Å². The highest BCUT2D eigenvalue weighted by Crippen LogP contribution is 2.20. The zero-order valence-electron chi connectivity index (χ0n) is 37.0. The molecule has 1 aliphatic rings. The van der Waals surface area contributed by atoms with Crippen LogP contribution in [0.2, 0.25) is 0 Å². The molecule has 1 heterocycles. The Labute approximate surface area is 335 Å². The van der Waals surface area contributed by atoms with Gasteiger partial charge < -0.3 is 19.6 Å². The molecule has 0 aromatic heterocycles. The summed E-state index contributed by atoms with van der Waals surface area (Å²) in [6.45, 7) is 15.3. The molecular weight excluding hydrogens is 649 g/mol. The molecule has 0 radical (unpaired) electrons. The van der Waals surface area contributed by atoms with Crippen molar-refractivity contribution in [3.63, 3.8) is 0 Å². The number of ether oxygens (including phenoxy) is 1. The molecule has 4 nitrogen and oxygen atoms in total. The Kier molecular flexibility index (Phi) is 39.8. The minimum atomic E-state index is -0.205. The predicted molar refractivity (Wildman–Crippen MR) is 236 cm³/mol. The summed E-state index contributed by atoms with van der Waals surface area (Å²) in [5.41, 5.74) is 0. The Hall–Kier alpha value is -0.160. The van der Waals surface area contributed by atoms with Crippen LogP contribution in [0.3, 0.4) is 0 Å². The average molecular weight is 749 g/mol. The van der Waals surface area contributed by atoms with Crippen LogP contribution in [0.1, 0.15) is 252 Å². The van der Waals surface area contributed by atoms with Crippen molar-refractivity contribution in [1.82, 2.24) is 9.80 Å². The largest absolute Gasteiger partial charge is 0.390 e. The van der Waals surface area contributed by atoms with E-state index in [1.807, 2.05) is 0 Å². The summed E-state index contributed by atoms with van der Waals surface area (Å²) in [5, 5.41) is 11.0. The first-order valence-corrected chi connectivity index (χ1v) is 24.9. The Bertz CT molecular complexity index is 683. The van der Waals surface area contributed by atoms with Gasteiger partial charge in [0, 0.05) is 26.3 Å². The maximum atomic E-state index is 11.0. The first-order valence-electron chi connectivity index (χ1n) is 24.9. The van der Waals surface area contributed by atoms with Crippen molar-refractivity contribution < 1.29 is 9.84 Å². The summed E-state index contributed by atoms with van der Waals surface area (Å²) >= 11 is 0. The van der Waals surface area contributed by atoms with Crippen molar-refractivity contribution in [1.29, 1.82) is 0 Å². The molecule has 1 saturated heterocycles. The topological polar surface area (TPSA) is 35.9 Å². The van der Waals surface area contributed by atoms with Crippen LogP contribution in [0, 0.1) is 5.92 Å². The molecule has 1 aliphatic heterocycles. The molecule has 0 aromatic carbocycles. The second kappa shape index (κ2) is 41.5. The summed E-state index contributed by atoms with van der Waals surface area (Å²) in [7, 11) is 0. The number of β-amino-alcohol motifs (C(OH)–C–C–N with tert-alkyl or cyclic N) is 1. The van der Waals surface area contributed by atoms with Gasteiger partial charge in [0.2, 0.25) is 0 Å². The minimum Gasteiger partial charge on any atom is -0.390 e. The van der Waals surface area contributed by atoms with Crippen LogP contribution in [0.4, 0.5) is 0 Å². The highest BCUT2D eigenvalue weighted by Gasteiger charge is 2.18. The first-order chi connectivity index (χ1) is 26.2. The van der Waals surface area contributed by atoms with Gasteiger partial charge in [0.05, 0.1) is 6.10 Å². The maximum Gasteiger partial charge on any atom is 0.0793 e. The monoisotopic (exact) mass is 749 g/mol. The molecule has 0 bridgehead atoms. The third kappa shape index (κ3) is 36.0. The number of hydrogen-bond acceptors (Lipinski definition) is 4. The van der Waals surface area contributed by atoms with E-state index in [0.717, 1.165) is 45.3 Å². The molecule has 0 aliphatic carbocycles. The molecule has 53 heavy (non-hydrogen) atoms. The van der Waals surface area contributed by atoms with E-state index >= 15 is 0 Å². The van der Waals surface area contributed by atoms with Crippen molar-refractivity contribution in [2.75, 3.05) is 52.5 Å². The Morgan fingerprint density at radius 3 is 1.25 bits per heavy atom. The fourth-order valence-electron chi connectivity index (χ4n) is 8.68. The van der Waals surface area contributed by atoms with Gasteiger partial charge in [-0.2, -0.15) is 0 Å². The number of hydrogen-bond donors (Lipinski definition) is 1. The zero-order chi connectivity index (χ0) is 38.1. The van der Waals surface area contributed by atoms with Gasteiger partial charge >= 0.3 is 0 Å². The van der Waals surface area contributed by atoms with Crippen LogP contribution in [0.25, 0.3) is 0 Å². The van der Waals surface area contributed by atoms with Gasteiger partial charge in [0.1, 0.15) is 0 Å². The van der Waals surface area contributed by atoms with Gasteiger partial charge in [-0.05, 0) is 77.0 Å². The Balaban J connectivity index is 2.21. The van der Waals surface area contributed by atoms with E-state index < -0.39 is 0 Å². The fourth-order valence-corrected chi connectivity index (χ4v) is 8.68. The van der Waals surface area contributed by atoms with Crippen molar-refractivity contribution in [3.05, 3.63) is 0 Å². The Morgan fingerprint density at radius 2 is 0.830 bits per heavy atom. The number of nitrogens with zero attached hydrogens (tertiary/aromatic N) is 2. The number of aliphatic hydroxyl groups is 1. The molecule has 1 fully saturated rings. The fraction of sp³-hybridized carbons (Fsp3) is 1.00. The van der Waals surface area contributed by atoms with Gasteiger partial charge in [0.25, 0.3) is 0 Å². The lowest BCUT2D eigenvalue weighted by molar-refractivity contribution is 0.0786. The van der Waals surface area contributed by atoms with Crippen LogP contribution in [0.15, 0.2) is 0 Å². The van der Waals surface area contributed by atoms with Crippen molar-refractivity contribution in [3.8, 4) is 0 Å². The highest BCUT2D eigenvalue weighted by atomic mass is 16.5. The SMILES string of the molecule is CCCCCCCCCCCCCCCCCCN(CCCCCCOCC(CCCCCCC)CCCCCCCCC)CC(O)CN1CCCC1. The summed E-state index contributed by atoms with van der Waals surface area (Å²) in [6.07, 6.45) is 49.8. The van der Waals surface area contributed by atoms with Crippen molar-refractivity contribution in [2.24, 2.45) is 5.92 Å². The number of unbranched alkanes of at least 4 members (excludes halogenated alkanes) is 28. The molecular formula is C49H100N2O2. The van der Waals surface area contributed by atoms with Gasteiger partial charge in [-0.3, -0.25) is 0 Å². The van der Waals surface area contributed by atoms with Crippen LogP contribution < -0.4 is 0 Å². The van der Waals surface area contributed by atoms with Crippen molar-refractivity contribution >= 4 is 0 Å². The van der Waals surface area contributed by atoms with E-state index in [2.05, 4.69) is 30.6 Å². The molecule has 0 amide bonds. The standard InChI is InChI=1S/C49H100N2O2/c1-4-7-10-13-15-16-17-18-19-20-21-22-23-25-28-33-40-50(45-49(52)46-51-42-35-36-43-51)41-34-29-30-37-44-53-47-48(38-31-26-12-9-6-3)39-32-27-24-14-11-8-5-2/h48-49,52H,4-47H2,1-3H3. The van der Waals surface area contributed by atoms with Crippen LogP contribution in [0.5, 0.6) is 0 Å². The molecule has 1 rings (SSSR count). The molecule has 0 saturated carbocycles. The first kappa shape index (κ1) is 50.9. The molecule has 2 unspecified atom stereocenters. The second-order valence-electron chi connectivity index (χ2n) is 17.7. The molecule has 0 aromatic rings. The van der Waals surface area contributed by atoms with E-state index in [9.17, 15) is 5.11 Å². The minimum absolute atomic E-state index is 0.205. The van der Waals surface area contributed by atoms with E-state index in [1.165, 1.54) is 244 Å². The Morgan fingerprint density at radius 1 is 0.472 bits per heavy atom. The summed E-state index contributed by atoms with van der Waals surface area (Å²) in [6, 6.07) is 0. The van der Waals surface area contributed by atoms with Gasteiger partial charge in [-0.15, -0.1) is 0 Å². The van der Waals surface area contributed by atoms with Crippen molar-refractivity contribution in [2.45, 2.75) is 258 Å². The maximum absolute atomic E-state index is 11.0. The number of aliphatic hydroxyl groups excluding tert-OH is 1. The molecule has 318 valence electrons. The molecule has 0 spiro atoms. The average Bonchev–Trinajstić information content (AvgIpc) is 3.67. The quantitative estimate of drug-likeness (QED) is 0.0630. The van der Waals surface area contributed by atoms with Gasteiger partial charge in [-0.1, -0.05) is 207 Å².